The van der Waals surface area contributed by atoms with Crippen LogP contribution in [0.3, 0.4) is 0 Å². The van der Waals surface area contributed by atoms with Crippen molar-refractivity contribution in [2.75, 3.05) is 31.8 Å². The molecular weight excluding hydrogens is 244 g/mol. The van der Waals surface area contributed by atoms with Crippen LogP contribution in [-0.2, 0) is 14.2 Å². The van der Waals surface area contributed by atoms with Crippen LogP contribution >= 0.6 is 21.6 Å². The molecule has 0 fully saturated rings. The molecule has 0 bridgehead atoms. The van der Waals surface area contributed by atoms with E-state index < -0.39 is 12.3 Å². The van der Waals surface area contributed by atoms with Crippen LogP contribution in [0.2, 0.25) is 0 Å². The van der Waals surface area contributed by atoms with E-state index in [4.69, 9.17) is 5.11 Å². The molecule has 0 saturated heterocycles. The van der Waals surface area contributed by atoms with Crippen molar-refractivity contribution >= 4 is 33.9 Å². The van der Waals surface area contributed by atoms with Crippen LogP contribution in [0.15, 0.2) is 0 Å². The first-order valence-electron chi connectivity index (χ1n) is 3.97. The summed E-state index contributed by atoms with van der Waals surface area (Å²) >= 11 is 0. The molecule has 8 heteroatoms. The topological polar surface area (TPSA) is 82.1 Å². The van der Waals surface area contributed by atoms with E-state index in [0.29, 0.717) is 11.5 Å². The molecule has 6 nitrogen and oxygen atoms in total. The SMILES string of the molecule is COC(=O)OCCSSCCOC(=O)O. The van der Waals surface area contributed by atoms with Crippen LogP contribution in [0, 0.1) is 0 Å². The minimum absolute atomic E-state index is 0.158. The van der Waals surface area contributed by atoms with Gasteiger partial charge < -0.3 is 19.3 Å². The van der Waals surface area contributed by atoms with Gasteiger partial charge >= 0.3 is 12.3 Å². The molecule has 0 spiro atoms. The number of hydrogen-bond acceptors (Lipinski definition) is 7. The summed E-state index contributed by atoms with van der Waals surface area (Å²) in [6.07, 6.45) is -1.97. The van der Waals surface area contributed by atoms with E-state index in [1.807, 2.05) is 0 Å². The third-order valence-electron chi connectivity index (χ3n) is 1.03. The third kappa shape index (κ3) is 11.2. The predicted octanol–water partition coefficient (Wildman–Crippen LogP) is 1.85. The van der Waals surface area contributed by atoms with E-state index in [-0.39, 0.29) is 13.2 Å². The fourth-order valence-electron chi connectivity index (χ4n) is 0.499. The lowest BCUT2D eigenvalue weighted by atomic mass is 10.9. The van der Waals surface area contributed by atoms with Gasteiger partial charge in [-0.3, -0.25) is 0 Å². The van der Waals surface area contributed by atoms with Gasteiger partial charge in [-0.2, -0.15) is 0 Å². The maximum Gasteiger partial charge on any atom is 0.508 e. The maximum atomic E-state index is 10.5. The summed E-state index contributed by atoms with van der Waals surface area (Å²) in [6, 6.07) is 0. The van der Waals surface area contributed by atoms with Crippen molar-refractivity contribution in [1.82, 2.24) is 0 Å². The zero-order chi connectivity index (χ0) is 11.5. The lowest BCUT2D eigenvalue weighted by Crippen LogP contribution is -2.06. The van der Waals surface area contributed by atoms with E-state index in [1.54, 1.807) is 0 Å². The molecule has 0 heterocycles. The van der Waals surface area contributed by atoms with Crippen molar-refractivity contribution in [1.29, 1.82) is 0 Å². The number of carbonyl (C=O) groups is 2. The largest absolute Gasteiger partial charge is 0.508 e. The molecule has 0 saturated carbocycles. The molecule has 1 N–H and O–H groups in total. The van der Waals surface area contributed by atoms with Gasteiger partial charge in [0.15, 0.2) is 0 Å². The summed E-state index contributed by atoms with van der Waals surface area (Å²) in [5.41, 5.74) is 0. The number of methoxy groups -OCH3 is 1. The minimum Gasteiger partial charge on any atom is -0.450 e. The van der Waals surface area contributed by atoms with Crippen LogP contribution in [0.4, 0.5) is 9.59 Å². The molecule has 0 aliphatic carbocycles. The van der Waals surface area contributed by atoms with E-state index in [2.05, 4.69) is 14.2 Å². The standard InChI is InChI=1S/C7H12O6S2/c1-11-7(10)13-3-5-15-14-4-2-12-6(8)9/h2-5H2,1H3,(H,8,9). The average molecular weight is 256 g/mol. The maximum absolute atomic E-state index is 10.5. The van der Waals surface area contributed by atoms with Gasteiger partial charge in [-0.25, -0.2) is 9.59 Å². The molecule has 0 unspecified atom stereocenters. The van der Waals surface area contributed by atoms with Gasteiger partial charge in [0.25, 0.3) is 0 Å². The molecule has 0 radical (unpaired) electrons. The summed E-state index contributed by atoms with van der Waals surface area (Å²) in [7, 11) is 4.16. The summed E-state index contributed by atoms with van der Waals surface area (Å²) in [5, 5.41) is 8.13. The highest BCUT2D eigenvalue weighted by molar-refractivity contribution is 8.76. The Hall–Kier alpha value is -0.760. The summed E-state index contributed by atoms with van der Waals surface area (Å²) in [5.74, 6) is 1.18. The fraction of sp³-hybridized carbons (Fsp3) is 0.714. The number of ether oxygens (including phenoxy) is 3. The van der Waals surface area contributed by atoms with Gasteiger partial charge in [-0.05, 0) is 0 Å². The first kappa shape index (κ1) is 14.2. The third-order valence-corrected chi connectivity index (χ3v) is 3.36. The molecule has 88 valence electrons. The molecule has 0 aliphatic rings. The number of carbonyl (C=O) groups excluding carboxylic acids is 1. The normalized spacial score (nSPS) is 9.40. The molecular formula is C7H12O6S2. The quantitative estimate of drug-likeness (QED) is 0.420. The van der Waals surface area contributed by atoms with Crippen molar-refractivity contribution in [3.05, 3.63) is 0 Å². The Kier molecular flexibility index (Phi) is 9.29. The highest BCUT2D eigenvalue weighted by atomic mass is 33.1. The van der Waals surface area contributed by atoms with Crippen molar-refractivity contribution in [3.63, 3.8) is 0 Å². The van der Waals surface area contributed by atoms with E-state index in [0.717, 1.165) is 0 Å². The predicted molar refractivity (Wildman–Crippen MR) is 57.2 cm³/mol. The summed E-state index contributed by atoms with van der Waals surface area (Å²) in [4.78, 5) is 20.4. The van der Waals surface area contributed by atoms with Crippen LogP contribution in [0.5, 0.6) is 0 Å². The number of carboxylic acid groups (broad SMARTS) is 1. The molecule has 0 aromatic carbocycles. The van der Waals surface area contributed by atoms with Crippen LogP contribution in [0.25, 0.3) is 0 Å². The Morgan fingerprint density at radius 2 is 1.67 bits per heavy atom. The second kappa shape index (κ2) is 9.78. The molecule has 0 atom stereocenters. The smallest absolute Gasteiger partial charge is 0.450 e. The van der Waals surface area contributed by atoms with Gasteiger partial charge in [0.2, 0.25) is 0 Å². The van der Waals surface area contributed by atoms with Crippen molar-refractivity contribution in [2.24, 2.45) is 0 Å². The van der Waals surface area contributed by atoms with Crippen LogP contribution < -0.4 is 0 Å². The highest BCUT2D eigenvalue weighted by Crippen LogP contribution is 2.20. The zero-order valence-electron chi connectivity index (χ0n) is 8.13. The number of hydrogen-bond donors (Lipinski definition) is 1. The number of rotatable bonds is 7. The molecule has 0 rings (SSSR count). The van der Waals surface area contributed by atoms with Gasteiger partial charge in [0.05, 0.1) is 7.11 Å². The summed E-state index contributed by atoms with van der Waals surface area (Å²) in [6.45, 7) is 0.426. The lowest BCUT2D eigenvalue weighted by molar-refractivity contribution is 0.0779. The Morgan fingerprint density at radius 1 is 1.13 bits per heavy atom. The Balaban J connectivity index is 3.05. The molecule has 0 aliphatic heterocycles. The first-order valence-corrected chi connectivity index (χ1v) is 6.46. The zero-order valence-corrected chi connectivity index (χ0v) is 9.77. The molecule has 0 aromatic rings. The summed E-state index contributed by atoms with van der Waals surface area (Å²) < 4.78 is 13.2. The van der Waals surface area contributed by atoms with Gasteiger partial charge in [-0.15, -0.1) is 0 Å². The molecule has 15 heavy (non-hydrogen) atoms. The van der Waals surface area contributed by atoms with Crippen LogP contribution in [0.1, 0.15) is 0 Å². The molecule has 0 amide bonds. The van der Waals surface area contributed by atoms with Crippen molar-refractivity contribution in [3.8, 4) is 0 Å². The van der Waals surface area contributed by atoms with Crippen molar-refractivity contribution < 1.29 is 28.9 Å². The van der Waals surface area contributed by atoms with Gasteiger partial charge in [-0.1, -0.05) is 21.6 Å². The van der Waals surface area contributed by atoms with Crippen LogP contribution in [-0.4, -0.2) is 49.2 Å². The second-order valence-electron chi connectivity index (χ2n) is 2.06. The monoisotopic (exact) mass is 256 g/mol. The van der Waals surface area contributed by atoms with E-state index in [9.17, 15) is 9.59 Å². The Morgan fingerprint density at radius 3 is 2.13 bits per heavy atom. The van der Waals surface area contributed by atoms with E-state index >= 15 is 0 Å². The highest BCUT2D eigenvalue weighted by Gasteiger charge is 2.00. The van der Waals surface area contributed by atoms with Gasteiger partial charge in [0, 0.05) is 11.5 Å². The Bertz CT molecular complexity index is 198. The van der Waals surface area contributed by atoms with E-state index in [1.165, 1.54) is 28.7 Å². The Labute approximate surface area is 95.0 Å². The van der Waals surface area contributed by atoms with Crippen molar-refractivity contribution in [2.45, 2.75) is 0 Å². The first-order chi connectivity index (χ1) is 7.16. The molecule has 0 aromatic heterocycles. The minimum atomic E-state index is -1.27. The van der Waals surface area contributed by atoms with Gasteiger partial charge in [0.1, 0.15) is 13.2 Å². The average Bonchev–Trinajstić information content (AvgIpc) is 2.21. The fourth-order valence-corrected chi connectivity index (χ4v) is 2.15. The lowest BCUT2D eigenvalue weighted by Gasteiger charge is -2.02. The second-order valence-corrected chi connectivity index (χ2v) is 4.76.